The van der Waals surface area contributed by atoms with Crippen LogP contribution in [-0.2, 0) is 20.0 Å². The lowest BCUT2D eigenvalue weighted by molar-refractivity contribution is -0.119. The average molecular weight is 604 g/mol. The van der Waals surface area contributed by atoms with Gasteiger partial charge < -0.3 is 19.5 Å². The third kappa shape index (κ3) is 4.90. The number of carbonyl (C=O) groups excluding carboxylic acids is 3. The highest BCUT2D eigenvalue weighted by molar-refractivity contribution is 6.31. The van der Waals surface area contributed by atoms with Crippen LogP contribution in [0.4, 0.5) is 5.69 Å². The maximum atomic E-state index is 13.7. The van der Waals surface area contributed by atoms with Gasteiger partial charge in [-0.15, -0.1) is 0 Å². The van der Waals surface area contributed by atoms with E-state index in [1.54, 1.807) is 36.4 Å². The predicted molar refractivity (Wildman–Crippen MR) is 161 cm³/mol. The molecule has 1 saturated carbocycles. The molecular formula is C32H30ClN3O7. The van der Waals surface area contributed by atoms with E-state index in [1.165, 1.54) is 38.0 Å². The van der Waals surface area contributed by atoms with Crippen LogP contribution >= 0.6 is 11.6 Å². The van der Waals surface area contributed by atoms with Crippen LogP contribution in [0.1, 0.15) is 59.5 Å². The number of benzene rings is 2. The summed E-state index contributed by atoms with van der Waals surface area (Å²) in [6.45, 7) is 1.65. The first kappa shape index (κ1) is 28.7. The number of amides is 1. The third-order valence-corrected chi connectivity index (χ3v) is 8.49. The van der Waals surface area contributed by atoms with Crippen molar-refractivity contribution in [2.75, 3.05) is 26.1 Å². The van der Waals surface area contributed by atoms with E-state index >= 15 is 0 Å². The van der Waals surface area contributed by atoms with Crippen molar-refractivity contribution >= 4 is 45.9 Å². The topological polar surface area (TPSA) is 118 Å². The van der Waals surface area contributed by atoms with Gasteiger partial charge in [0.05, 0.1) is 18.8 Å². The van der Waals surface area contributed by atoms with Gasteiger partial charge in [-0.05, 0) is 61.4 Å². The molecule has 3 heterocycles. The van der Waals surface area contributed by atoms with E-state index in [4.69, 9.17) is 25.8 Å². The Hall–Kier alpha value is -4.41. The first-order valence-corrected chi connectivity index (χ1v) is 14.3. The number of pyridine rings is 1. The van der Waals surface area contributed by atoms with Crippen molar-refractivity contribution in [3.05, 3.63) is 81.4 Å². The molecule has 10 nitrogen and oxygen atoms in total. The van der Waals surface area contributed by atoms with Gasteiger partial charge in [-0.25, -0.2) is 4.79 Å². The van der Waals surface area contributed by atoms with Gasteiger partial charge in [0.2, 0.25) is 5.91 Å². The molecule has 1 aliphatic carbocycles. The highest BCUT2D eigenvalue weighted by Gasteiger charge is 2.50. The Morgan fingerprint density at radius 1 is 1.07 bits per heavy atom. The quantitative estimate of drug-likeness (QED) is 0.197. The maximum absolute atomic E-state index is 13.7. The zero-order valence-corrected chi connectivity index (χ0v) is 24.7. The van der Waals surface area contributed by atoms with Crippen molar-refractivity contribution in [2.45, 2.75) is 44.4 Å². The zero-order valence-electron chi connectivity index (χ0n) is 23.9. The van der Waals surface area contributed by atoms with Crippen LogP contribution in [0, 0.1) is 0 Å². The molecule has 2 aromatic heterocycles. The largest absolute Gasteiger partial charge is 0.495 e. The summed E-state index contributed by atoms with van der Waals surface area (Å²) in [5.74, 6) is -0.672. The number of esters is 1. The van der Waals surface area contributed by atoms with Crippen LogP contribution in [0.25, 0.3) is 22.0 Å². The predicted octanol–water partition coefficient (Wildman–Crippen LogP) is 5.56. The third-order valence-electron chi connectivity index (χ3n) is 8.25. The van der Waals surface area contributed by atoms with Gasteiger partial charge in [-0.2, -0.15) is 0 Å². The van der Waals surface area contributed by atoms with Crippen LogP contribution < -0.4 is 15.6 Å². The van der Waals surface area contributed by atoms with Crippen LogP contribution in [0.5, 0.6) is 5.75 Å². The van der Waals surface area contributed by atoms with Crippen LogP contribution in [0.3, 0.4) is 0 Å². The Bertz CT molecular complexity index is 1850. The molecule has 1 spiro atoms. The number of methoxy groups -OCH3 is 2. The lowest BCUT2D eigenvalue weighted by atomic mass is 9.88. The van der Waals surface area contributed by atoms with Crippen molar-refractivity contribution < 1.29 is 28.6 Å². The Morgan fingerprint density at radius 2 is 1.86 bits per heavy atom. The fourth-order valence-electron chi connectivity index (χ4n) is 6.00. The van der Waals surface area contributed by atoms with E-state index < -0.39 is 23.2 Å². The van der Waals surface area contributed by atoms with Crippen molar-refractivity contribution in [1.82, 2.24) is 9.13 Å². The number of ether oxygens (including phenoxy) is 3. The fraction of sp³-hybridized carbons (Fsp3) is 0.312. The summed E-state index contributed by atoms with van der Waals surface area (Å²) in [6, 6.07) is 12.4. The van der Waals surface area contributed by atoms with E-state index in [-0.39, 0.29) is 24.8 Å². The summed E-state index contributed by atoms with van der Waals surface area (Å²) in [5, 5.41) is 4.12. The van der Waals surface area contributed by atoms with Crippen LogP contribution in [-0.4, -0.2) is 47.6 Å². The van der Waals surface area contributed by atoms with Crippen molar-refractivity contribution in [3.63, 3.8) is 0 Å². The fourth-order valence-corrected chi connectivity index (χ4v) is 6.17. The number of hydrogen-bond acceptors (Lipinski definition) is 7. The second-order valence-electron chi connectivity index (χ2n) is 10.9. The molecule has 1 aliphatic heterocycles. The first-order chi connectivity index (χ1) is 20.7. The summed E-state index contributed by atoms with van der Waals surface area (Å²) in [7, 11) is 2.97. The number of fused-ring (bicyclic) bond motifs is 4. The molecule has 43 heavy (non-hydrogen) atoms. The second kappa shape index (κ2) is 11.0. The minimum Gasteiger partial charge on any atom is -0.495 e. The normalized spacial score (nSPS) is 15.6. The van der Waals surface area contributed by atoms with Gasteiger partial charge in [0, 0.05) is 66.3 Å². The highest BCUT2D eigenvalue weighted by Crippen LogP contribution is 2.48. The van der Waals surface area contributed by atoms with Gasteiger partial charge in [0.15, 0.2) is 11.5 Å². The van der Waals surface area contributed by atoms with Gasteiger partial charge in [-0.1, -0.05) is 11.6 Å². The van der Waals surface area contributed by atoms with E-state index in [0.29, 0.717) is 38.8 Å². The van der Waals surface area contributed by atoms with E-state index in [0.717, 1.165) is 30.2 Å². The zero-order chi connectivity index (χ0) is 30.5. The lowest BCUT2D eigenvalue weighted by Crippen LogP contribution is -2.39. The number of hydrogen-bond donors (Lipinski definition) is 1. The Labute approximate surface area is 252 Å². The molecule has 6 rings (SSSR count). The van der Waals surface area contributed by atoms with Gasteiger partial charge in [0.25, 0.3) is 5.56 Å². The molecule has 1 N–H and O–H groups in total. The van der Waals surface area contributed by atoms with Crippen molar-refractivity contribution in [1.29, 1.82) is 0 Å². The molecule has 0 bridgehead atoms. The molecule has 1 amide bonds. The summed E-state index contributed by atoms with van der Waals surface area (Å²) < 4.78 is 19.8. The second-order valence-corrected chi connectivity index (χ2v) is 11.3. The number of nitrogens with one attached hydrogen (secondary N) is 1. The standard InChI is InChI=1S/C32H30ClN3O7/c1-18(37)22-7-5-20(33)15-23(22)24-16-29(38)35(17-28(24)42-3)26(9-12-41-2)30(39)34-21-6-8-25-19(13-21)14-27-31(40)43-32(36(25)27)10-4-11-32/h5-8,13-17,26H,4,9-12H2,1-3H3,(H,34,39)/t26-/m1/s1. The number of nitrogens with zero attached hydrogens (tertiary/aromatic N) is 2. The molecule has 1 atom stereocenters. The number of anilines is 1. The molecule has 1 fully saturated rings. The van der Waals surface area contributed by atoms with Crippen LogP contribution in [0.2, 0.25) is 5.02 Å². The number of carbonyl (C=O) groups is 3. The smallest absolute Gasteiger partial charge is 0.357 e. The van der Waals surface area contributed by atoms with Crippen molar-refractivity contribution in [3.8, 4) is 16.9 Å². The molecular weight excluding hydrogens is 574 g/mol. The van der Waals surface area contributed by atoms with E-state index in [9.17, 15) is 19.2 Å². The molecule has 222 valence electrons. The minimum absolute atomic E-state index is 0.194. The number of rotatable bonds is 9. The number of Topliss-reactive ketones (excluding diaryl/α,β-unsaturated/α-hetero) is 1. The Kier molecular flexibility index (Phi) is 7.35. The van der Waals surface area contributed by atoms with Crippen molar-refractivity contribution in [2.24, 2.45) is 0 Å². The van der Waals surface area contributed by atoms with E-state index in [1.807, 2.05) is 10.6 Å². The molecule has 2 aromatic carbocycles. The Morgan fingerprint density at radius 3 is 2.53 bits per heavy atom. The van der Waals surface area contributed by atoms with E-state index in [2.05, 4.69) is 5.32 Å². The molecule has 0 unspecified atom stereocenters. The van der Waals surface area contributed by atoms with Crippen LogP contribution in [0.15, 0.2) is 59.5 Å². The SMILES string of the molecule is COCC[C@H](C(=O)Nc1ccc2c(c1)cc1n2C2(CCC2)OC1=O)n1cc(OC)c(-c2cc(Cl)ccc2C(C)=O)cc1=O. The summed E-state index contributed by atoms with van der Waals surface area (Å²) in [6.07, 6.45) is 4.22. The molecule has 4 aromatic rings. The monoisotopic (exact) mass is 603 g/mol. The maximum Gasteiger partial charge on any atom is 0.357 e. The average Bonchev–Trinajstić information content (AvgIpc) is 3.48. The first-order valence-electron chi connectivity index (χ1n) is 14.0. The summed E-state index contributed by atoms with van der Waals surface area (Å²) in [4.78, 5) is 52.1. The number of halogens is 1. The number of aromatic nitrogens is 2. The number of ketones is 1. The highest BCUT2D eigenvalue weighted by atomic mass is 35.5. The molecule has 0 saturated heterocycles. The molecule has 2 aliphatic rings. The van der Waals surface area contributed by atoms with Gasteiger partial charge in [-0.3, -0.25) is 23.5 Å². The Balaban J connectivity index is 1.34. The molecule has 0 radical (unpaired) electrons. The molecule has 11 heteroatoms. The van der Waals surface area contributed by atoms with Gasteiger partial charge >= 0.3 is 5.97 Å². The summed E-state index contributed by atoms with van der Waals surface area (Å²) in [5.41, 5.74) is 2.03. The summed E-state index contributed by atoms with van der Waals surface area (Å²) >= 11 is 6.23. The minimum atomic E-state index is -0.940. The van der Waals surface area contributed by atoms with Gasteiger partial charge in [0.1, 0.15) is 17.5 Å². The lowest BCUT2D eigenvalue weighted by Gasteiger charge is -2.38.